The lowest BCUT2D eigenvalue weighted by Gasteiger charge is -2.35. The zero-order chi connectivity index (χ0) is 21.6. The number of aromatic nitrogens is 1. The van der Waals surface area contributed by atoms with Crippen LogP contribution in [0.1, 0.15) is 37.7 Å². The van der Waals surface area contributed by atoms with Crippen molar-refractivity contribution >= 4 is 5.91 Å². The van der Waals surface area contributed by atoms with Crippen molar-refractivity contribution in [2.75, 3.05) is 20.2 Å². The summed E-state index contributed by atoms with van der Waals surface area (Å²) in [5.74, 6) is 2.30. The highest BCUT2D eigenvalue weighted by Gasteiger charge is 2.43. The van der Waals surface area contributed by atoms with Gasteiger partial charge in [0.15, 0.2) is 11.5 Å². The molecule has 1 aromatic heterocycles. The Morgan fingerprint density at radius 1 is 1.10 bits per heavy atom. The number of aliphatic hydroxyl groups excluding tert-OH is 1. The molecular weight excluding hydrogens is 392 g/mol. The van der Waals surface area contributed by atoms with Crippen molar-refractivity contribution in [2.45, 2.75) is 50.7 Å². The quantitative estimate of drug-likeness (QED) is 0.657. The fourth-order valence-corrected chi connectivity index (χ4v) is 4.91. The van der Waals surface area contributed by atoms with E-state index in [2.05, 4.69) is 11.1 Å². The molecule has 2 fully saturated rings. The van der Waals surface area contributed by atoms with E-state index in [1.807, 2.05) is 41.4 Å². The number of unbranched alkanes of at least 4 members (excludes halogenated alkanes) is 1. The first kappa shape index (κ1) is 21.6. The molecule has 1 amide bonds. The molecule has 1 aromatic carbocycles. The van der Waals surface area contributed by atoms with Crippen molar-refractivity contribution in [3.8, 4) is 11.5 Å². The van der Waals surface area contributed by atoms with Gasteiger partial charge in [0.1, 0.15) is 6.10 Å². The van der Waals surface area contributed by atoms with E-state index in [0.29, 0.717) is 36.2 Å². The number of carbonyl (C=O) groups excluding carboxylic acids is 1. The summed E-state index contributed by atoms with van der Waals surface area (Å²) in [7, 11) is 1.62. The fourth-order valence-electron chi connectivity index (χ4n) is 4.91. The molecule has 6 nitrogen and oxygen atoms in total. The van der Waals surface area contributed by atoms with Crippen molar-refractivity contribution in [2.24, 2.45) is 11.8 Å². The Morgan fingerprint density at radius 2 is 1.87 bits per heavy atom. The van der Waals surface area contributed by atoms with E-state index in [4.69, 9.17) is 9.47 Å². The van der Waals surface area contributed by atoms with Crippen LogP contribution in [0.4, 0.5) is 0 Å². The van der Waals surface area contributed by atoms with E-state index in [1.54, 1.807) is 13.3 Å². The summed E-state index contributed by atoms with van der Waals surface area (Å²) in [6, 6.07) is 11.6. The average molecular weight is 425 g/mol. The molecule has 0 bridgehead atoms. The smallest absolute Gasteiger partial charge is 0.222 e. The standard InChI is InChI=1S/C25H32N2O4/c1-30-22-9-3-4-10-23(22)31-24-14-20-17-27(16-19(20)13-21(24)28)25(29)11-5-2-7-18-8-6-12-26-15-18/h3-4,6,8-10,12,15,19-21,24,28H,2,5,7,11,13-14,16-17H2,1H3/t19-,20+,21+,24+/m0/s1. The van der Waals surface area contributed by atoms with E-state index < -0.39 is 6.10 Å². The number of para-hydroxylation sites is 2. The third-order valence-corrected chi connectivity index (χ3v) is 6.61. The van der Waals surface area contributed by atoms with Gasteiger partial charge >= 0.3 is 0 Å². The van der Waals surface area contributed by atoms with Crippen molar-refractivity contribution in [1.29, 1.82) is 0 Å². The predicted molar refractivity (Wildman–Crippen MR) is 118 cm³/mol. The van der Waals surface area contributed by atoms with Gasteiger partial charge in [-0.2, -0.15) is 0 Å². The molecule has 2 heterocycles. The number of methoxy groups -OCH3 is 1. The van der Waals surface area contributed by atoms with Crippen LogP contribution in [0.15, 0.2) is 48.8 Å². The lowest BCUT2D eigenvalue weighted by atomic mass is 9.78. The Kier molecular flexibility index (Phi) is 7.07. The molecule has 0 radical (unpaired) electrons. The first-order chi connectivity index (χ1) is 15.1. The molecular formula is C25H32N2O4. The number of fused-ring (bicyclic) bond motifs is 1. The molecule has 2 aromatic rings. The average Bonchev–Trinajstić information content (AvgIpc) is 3.20. The third kappa shape index (κ3) is 5.37. The van der Waals surface area contributed by atoms with Crippen LogP contribution in [0, 0.1) is 11.8 Å². The molecule has 0 spiro atoms. The van der Waals surface area contributed by atoms with E-state index >= 15 is 0 Å². The highest BCUT2D eigenvalue weighted by molar-refractivity contribution is 5.76. The van der Waals surface area contributed by atoms with Gasteiger partial charge in [-0.25, -0.2) is 0 Å². The second-order valence-corrected chi connectivity index (χ2v) is 8.73. The Hall–Kier alpha value is -2.60. The number of rotatable bonds is 8. The van der Waals surface area contributed by atoms with Crippen LogP contribution in [0.2, 0.25) is 0 Å². The molecule has 4 rings (SSSR count). The molecule has 1 N–H and O–H groups in total. The van der Waals surface area contributed by atoms with Crippen LogP contribution in [0.25, 0.3) is 0 Å². The SMILES string of the molecule is COc1ccccc1O[C@@H]1C[C@@H]2CN(C(=O)CCCCc3cccnc3)C[C@@H]2C[C@H]1O. The van der Waals surface area contributed by atoms with Crippen LogP contribution in [0.5, 0.6) is 11.5 Å². The normalized spacial score (nSPS) is 25.2. The summed E-state index contributed by atoms with van der Waals surface area (Å²) in [6.07, 6.45) is 7.74. The van der Waals surface area contributed by atoms with E-state index in [9.17, 15) is 9.90 Å². The maximum absolute atomic E-state index is 12.7. The highest BCUT2D eigenvalue weighted by Crippen LogP contribution is 2.39. The van der Waals surface area contributed by atoms with E-state index in [0.717, 1.165) is 38.8 Å². The van der Waals surface area contributed by atoms with E-state index in [-0.39, 0.29) is 12.0 Å². The predicted octanol–water partition coefficient (Wildman–Crippen LogP) is 3.48. The topological polar surface area (TPSA) is 71.9 Å². The van der Waals surface area contributed by atoms with Gasteiger partial charge in [0.05, 0.1) is 13.2 Å². The van der Waals surface area contributed by atoms with Gasteiger partial charge < -0.3 is 19.5 Å². The summed E-state index contributed by atoms with van der Waals surface area (Å²) in [5.41, 5.74) is 1.22. The molecule has 0 unspecified atom stereocenters. The maximum atomic E-state index is 12.7. The number of pyridine rings is 1. The first-order valence-electron chi connectivity index (χ1n) is 11.3. The summed E-state index contributed by atoms with van der Waals surface area (Å²) >= 11 is 0. The summed E-state index contributed by atoms with van der Waals surface area (Å²) < 4.78 is 11.5. The van der Waals surface area contributed by atoms with Crippen molar-refractivity contribution in [3.05, 3.63) is 54.4 Å². The summed E-state index contributed by atoms with van der Waals surface area (Å²) in [6.45, 7) is 1.52. The second kappa shape index (κ2) is 10.1. The number of hydrogen-bond acceptors (Lipinski definition) is 5. The van der Waals surface area contributed by atoms with Gasteiger partial charge in [-0.15, -0.1) is 0 Å². The van der Waals surface area contributed by atoms with Crippen LogP contribution in [0.3, 0.4) is 0 Å². The van der Waals surface area contributed by atoms with Crippen molar-refractivity contribution in [1.82, 2.24) is 9.88 Å². The number of hydrogen-bond donors (Lipinski definition) is 1. The maximum Gasteiger partial charge on any atom is 0.222 e. The summed E-state index contributed by atoms with van der Waals surface area (Å²) in [5, 5.41) is 10.7. The Labute approximate surface area is 184 Å². The van der Waals surface area contributed by atoms with Gasteiger partial charge in [0.2, 0.25) is 5.91 Å². The minimum atomic E-state index is -0.527. The molecule has 1 aliphatic heterocycles. The molecule has 166 valence electrons. The molecule has 4 atom stereocenters. The number of carbonyl (C=O) groups is 1. The highest BCUT2D eigenvalue weighted by atomic mass is 16.5. The van der Waals surface area contributed by atoms with Gasteiger partial charge in [0, 0.05) is 31.9 Å². The number of likely N-dealkylation sites (tertiary alicyclic amines) is 1. The van der Waals surface area contributed by atoms with Crippen LogP contribution in [-0.2, 0) is 11.2 Å². The van der Waals surface area contributed by atoms with Crippen LogP contribution < -0.4 is 9.47 Å². The summed E-state index contributed by atoms with van der Waals surface area (Å²) in [4.78, 5) is 18.9. The Bertz CT molecular complexity index is 860. The molecule has 6 heteroatoms. The van der Waals surface area contributed by atoms with Crippen LogP contribution in [-0.4, -0.2) is 53.3 Å². The van der Waals surface area contributed by atoms with Gasteiger partial charge in [-0.1, -0.05) is 18.2 Å². The third-order valence-electron chi connectivity index (χ3n) is 6.61. The number of aliphatic hydroxyl groups is 1. The van der Waals surface area contributed by atoms with Crippen LogP contribution >= 0.6 is 0 Å². The van der Waals surface area contributed by atoms with E-state index in [1.165, 1.54) is 5.56 Å². The lowest BCUT2D eigenvalue weighted by molar-refractivity contribution is -0.130. The Morgan fingerprint density at radius 3 is 2.61 bits per heavy atom. The number of ether oxygens (including phenoxy) is 2. The van der Waals surface area contributed by atoms with Gasteiger partial charge in [-0.3, -0.25) is 9.78 Å². The Balaban J connectivity index is 1.25. The molecule has 2 aliphatic rings. The fraction of sp³-hybridized carbons (Fsp3) is 0.520. The van der Waals surface area contributed by atoms with Gasteiger partial charge in [0.25, 0.3) is 0 Å². The van der Waals surface area contributed by atoms with Gasteiger partial charge in [-0.05, 0) is 67.7 Å². The number of aryl methyl sites for hydroxylation is 1. The monoisotopic (exact) mass is 424 g/mol. The minimum absolute atomic E-state index is 0.234. The molecule has 1 saturated heterocycles. The van der Waals surface area contributed by atoms with Crippen molar-refractivity contribution in [3.63, 3.8) is 0 Å². The second-order valence-electron chi connectivity index (χ2n) is 8.73. The zero-order valence-corrected chi connectivity index (χ0v) is 18.2. The van der Waals surface area contributed by atoms with Crippen molar-refractivity contribution < 1.29 is 19.4 Å². The number of benzene rings is 1. The molecule has 1 saturated carbocycles. The molecule has 31 heavy (non-hydrogen) atoms. The largest absolute Gasteiger partial charge is 0.493 e. The first-order valence-corrected chi connectivity index (χ1v) is 11.3. The number of amides is 1. The molecule has 1 aliphatic carbocycles. The minimum Gasteiger partial charge on any atom is -0.493 e. The zero-order valence-electron chi connectivity index (χ0n) is 18.2. The number of nitrogens with zero attached hydrogens (tertiary/aromatic N) is 2. The lowest BCUT2D eigenvalue weighted by Crippen LogP contribution is -2.42.